The zero-order valence-electron chi connectivity index (χ0n) is 3.28. The molecule has 0 nitrogen and oxygen atoms in total. The van der Waals surface area contributed by atoms with Crippen molar-refractivity contribution >= 4 is 7.28 Å². The van der Waals surface area contributed by atoms with Gasteiger partial charge in [-0.05, 0) is 0 Å². The van der Waals surface area contributed by atoms with Crippen LogP contribution in [0.1, 0.15) is 21.8 Å². The lowest BCUT2D eigenvalue weighted by molar-refractivity contribution is 1.45. The molecule has 0 aliphatic rings. The van der Waals surface area contributed by atoms with E-state index in [2.05, 4.69) is 21.0 Å². The highest BCUT2D eigenvalue weighted by molar-refractivity contribution is 6.33. The molecule has 0 aromatic carbocycles. The van der Waals surface area contributed by atoms with Crippen molar-refractivity contribution in [2.45, 2.75) is 34.9 Å². The second-order valence-corrected chi connectivity index (χ2v) is 0.816. The van der Waals surface area contributed by atoms with Gasteiger partial charge in [-0.2, -0.15) is 0 Å². The van der Waals surface area contributed by atoms with Crippen LogP contribution in [0.15, 0.2) is 0 Å². The van der Waals surface area contributed by atoms with Crippen LogP contribution in [-0.4, -0.2) is 7.28 Å². The highest BCUT2D eigenvalue weighted by atomic mass is 13.3. The van der Waals surface area contributed by atoms with Gasteiger partial charge in [0.05, 0.1) is 0 Å². The molecule has 6 heavy (non-hydrogen) atoms. The van der Waals surface area contributed by atoms with E-state index >= 15 is 0 Å². The fourth-order valence-corrected chi connectivity index (χ4v) is 0. The van der Waals surface area contributed by atoms with Crippen molar-refractivity contribution in [3.8, 4) is 0 Å². The van der Waals surface area contributed by atoms with Crippen LogP contribution in [0.5, 0.6) is 0 Å². The third kappa shape index (κ3) is 33.7. The second kappa shape index (κ2) is 19.6. The maximum atomic E-state index is 2.12. The Morgan fingerprint density at radius 2 is 1.50 bits per heavy atom. The minimum Gasteiger partial charge on any atom is -0.0920 e. The summed E-state index contributed by atoms with van der Waals surface area (Å²) < 4.78 is 0. The van der Waals surface area contributed by atoms with E-state index in [1.54, 1.807) is 0 Å². The minimum atomic E-state index is 0. The van der Waals surface area contributed by atoms with Crippen molar-refractivity contribution in [3.05, 3.63) is 0 Å². The van der Waals surface area contributed by atoms with Gasteiger partial charge in [-0.1, -0.05) is 34.9 Å². The summed E-state index contributed by atoms with van der Waals surface area (Å²) in [7, 11) is 2.12. The molecule has 0 aliphatic heterocycles. The summed E-state index contributed by atoms with van der Waals surface area (Å²) in [5.74, 6) is 0. The van der Waals surface area contributed by atoms with E-state index in [1.807, 2.05) is 0 Å². The third-order valence-corrected chi connectivity index (χ3v) is 0.408. The Morgan fingerprint density at radius 1 is 1.33 bits per heavy atom. The van der Waals surface area contributed by atoms with Crippen LogP contribution >= 0.6 is 0 Å². The molecule has 0 saturated heterocycles. The lowest BCUT2D eigenvalue weighted by Crippen LogP contribution is -1.67. The zero-order valence-corrected chi connectivity index (χ0v) is 3.28. The molecule has 0 amide bonds. The van der Waals surface area contributed by atoms with E-state index in [0.717, 1.165) is 0 Å². The summed E-state index contributed by atoms with van der Waals surface area (Å²) in [6, 6.07) is 0. The first-order valence-corrected chi connectivity index (χ1v) is 1.69. The van der Waals surface area contributed by atoms with Gasteiger partial charge in [-0.25, -0.2) is 0 Å². The lowest BCUT2D eigenvalue weighted by atomic mass is 9.79. The number of hydrogen-bond acceptors (Lipinski definition) is 0. The monoisotopic (exact) mass is 87.1 g/mol. The summed E-state index contributed by atoms with van der Waals surface area (Å²) in [6.07, 6.45) is 1.19. The van der Waals surface area contributed by atoms with Crippen LogP contribution in [0.2, 0.25) is 13.1 Å². The van der Waals surface area contributed by atoms with Gasteiger partial charge in [-0.3, -0.25) is 0 Å². The van der Waals surface area contributed by atoms with Crippen molar-refractivity contribution in [2.75, 3.05) is 0 Å². The topological polar surface area (TPSA) is 0 Å². The Labute approximate surface area is 43.2 Å². The predicted molar refractivity (Wildman–Crippen MR) is 35.6 cm³/mol. The highest BCUT2D eigenvalue weighted by Crippen LogP contribution is 1.64. The van der Waals surface area contributed by atoms with E-state index in [0.29, 0.717) is 0 Å². The molecule has 0 aromatic heterocycles. The molecule has 1 heteroatoms. The molecule has 0 spiro atoms. The second-order valence-electron chi connectivity index (χ2n) is 0.816. The van der Waals surface area contributed by atoms with Crippen molar-refractivity contribution in [1.29, 1.82) is 0 Å². The van der Waals surface area contributed by atoms with Crippen molar-refractivity contribution in [3.63, 3.8) is 0 Å². The van der Waals surface area contributed by atoms with Crippen LogP contribution in [0.3, 0.4) is 0 Å². The van der Waals surface area contributed by atoms with Gasteiger partial charge >= 0.3 is 0 Å². The number of rotatable bonds is 1. The Balaban J connectivity index is -0.0000000450. The van der Waals surface area contributed by atoms with E-state index in [9.17, 15) is 0 Å². The van der Waals surface area contributed by atoms with Gasteiger partial charge in [0.25, 0.3) is 0 Å². The first-order valence-electron chi connectivity index (χ1n) is 1.69. The number of hydrogen-bond donors (Lipinski definition) is 0. The molecule has 0 bridgehead atoms. The van der Waals surface area contributed by atoms with Gasteiger partial charge < -0.3 is 0 Å². The van der Waals surface area contributed by atoms with E-state index in [4.69, 9.17) is 0 Å². The fraction of sp³-hybridized carbons (Fsp3) is 1.00. The molecular formula is C5H16B. The Kier molecular flexibility index (Phi) is 54.2. The average Bonchev–Trinajstić information content (AvgIpc) is 1.37. The summed E-state index contributed by atoms with van der Waals surface area (Å²) in [4.78, 5) is 0. The molecule has 39 valence electrons. The highest BCUT2D eigenvalue weighted by Gasteiger charge is 1.61. The molecule has 0 atom stereocenters. The predicted octanol–water partition coefficient (Wildman–Crippen LogP) is 2.45. The molecule has 0 saturated carbocycles. The quantitative estimate of drug-likeness (QED) is 0.431. The summed E-state index contributed by atoms with van der Waals surface area (Å²) in [5, 5.41) is 0. The van der Waals surface area contributed by atoms with Gasteiger partial charge in [0.15, 0.2) is 0 Å². The van der Waals surface area contributed by atoms with Crippen LogP contribution in [0, 0.1) is 0 Å². The third-order valence-electron chi connectivity index (χ3n) is 0.408. The molecule has 0 fully saturated rings. The molecule has 0 rings (SSSR count). The lowest BCUT2D eigenvalue weighted by Gasteiger charge is -1.64. The molecule has 1 radical (unpaired) electrons. The first-order chi connectivity index (χ1) is 1.91. The van der Waals surface area contributed by atoms with Gasteiger partial charge in [0, 0.05) is 0 Å². The smallest absolute Gasteiger partial charge is 0.0920 e. The van der Waals surface area contributed by atoms with Crippen LogP contribution in [0.4, 0.5) is 0 Å². The van der Waals surface area contributed by atoms with Crippen molar-refractivity contribution in [1.82, 2.24) is 0 Å². The first kappa shape index (κ1) is 16.6. The maximum absolute atomic E-state index is 2.12. The zero-order chi connectivity index (χ0) is 3.41. The maximum Gasteiger partial charge on any atom is 0.105 e. The van der Waals surface area contributed by atoms with E-state index < -0.39 is 0 Å². The molecule has 0 unspecified atom stereocenters. The van der Waals surface area contributed by atoms with Crippen LogP contribution in [-0.2, 0) is 0 Å². The standard InChI is InChI=1S/C3H8B.2CH4/c1-3-4-2;;/h3H2,1-2H3;2*1H4. The van der Waals surface area contributed by atoms with Crippen molar-refractivity contribution < 1.29 is 0 Å². The molecular weight excluding hydrogens is 70.9 g/mol. The SMILES string of the molecule is C.C.C[B]CC. The molecule has 0 heterocycles. The summed E-state index contributed by atoms with van der Waals surface area (Å²) >= 11 is 0. The fourth-order valence-electron chi connectivity index (χ4n) is 0. The van der Waals surface area contributed by atoms with Crippen molar-refractivity contribution in [2.24, 2.45) is 0 Å². The summed E-state index contributed by atoms with van der Waals surface area (Å²) in [5.41, 5.74) is 0. The van der Waals surface area contributed by atoms with Gasteiger partial charge in [0.2, 0.25) is 0 Å². The van der Waals surface area contributed by atoms with E-state index in [1.165, 1.54) is 6.32 Å². The van der Waals surface area contributed by atoms with Crippen LogP contribution in [0.25, 0.3) is 0 Å². The largest absolute Gasteiger partial charge is 0.105 e. The Morgan fingerprint density at radius 3 is 1.50 bits per heavy atom. The normalized spacial score (nSPS) is 4.33. The molecule has 0 aromatic rings. The minimum absolute atomic E-state index is 0. The Bertz CT molecular complexity index is 5.90. The average molecular weight is 87.0 g/mol. The Hall–Kier alpha value is 0.0649. The molecule has 0 aliphatic carbocycles. The summed E-state index contributed by atoms with van der Waals surface area (Å²) in [6.45, 7) is 4.18. The van der Waals surface area contributed by atoms with E-state index in [-0.39, 0.29) is 14.9 Å². The van der Waals surface area contributed by atoms with Crippen LogP contribution < -0.4 is 0 Å². The molecule has 0 N–H and O–H groups in total. The van der Waals surface area contributed by atoms with Gasteiger partial charge in [0.1, 0.15) is 7.28 Å². The van der Waals surface area contributed by atoms with Gasteiger partial charge in [-0.15, -0.1) is 0 Å².